The molecule has 1 aliphatic heterocycles. The lowest BCUT2D eigenvalue weighted by atomic mass is 10.0. The summed E-state index contributed by atoms with van der Waals surface area (Å²) < 4.78 is 27.3. The third kappa shape index (κ3) is 2.71. The molecule has 0 saturated carbocycles. The van der Waals surface area contributed by atoms with Crippen LogP contribution in [0.3, 0.4) is 0 Å². The Balaban J connectivity index is 2.33. The van der Waals surface area contributed by atoms with Crippen molar-refractivity contribution in [3.63, 3.8) is 0 Å². The van der Waals surface area contributed by atoms with Crippen molar-refractivity contribution in [2.75, 3.05) is 5.32 Å². The van der Waals surface area contributed by atoms with Gasteiger partial charge in [-0.25, -0.2) is 13.1 Å². The molecule has 1 aromatic rings. The molecule has 0 aliphatic carbocycles. The van der Waals surface area contributed by atoms with Crippen LogP contribution in [0.5, 0.6) is 0 Å². The molecule has 6 heteroatoms. The van der Waals surface area contributed by atoms with Gasteiger partial charge < -0.3 is 5.32 Å². The van der Waals surface area contributed by atoms with E-state index in [2.05, 4.69) is 10.0 Å². The summed E-state index contributed by atoms with van der Waals surface area (Å²) >= 11 is 0. The second kappa shape index (κ2) is 5.18. The van der Waals surface area contributed by atoms with E-state index in [1.807, 2.05) is 20.8 Å². The summed E-state index contributed by atoms with van der Waals surface area (Å²) in [6, 6.07) is 4.59. The molecule has 1 aliphatic rings. The Bertz CT molecular complexity index is 638. The number of benzene rings is 1. The fourth-order valence-corrected chi connectivity index (χ4v) is 3.44. The number of nitrogens with one attached hydrogen (secondary N) is 2. The lowest BCUT2D eigenvalue weighted by Gasteiger charge is -2.18. The lowest BCUT2D eigenvalue weighted by Crippen LogP contribution is -2.36. The van der Waals surface area contributed by atoms with Crippen LogP contribution in [0, 0.1) is 5.92 Å². The molecule has 2 rings (SSSR count). The zero-order valence-corrected chi connectivity index (χ0v) is 12.9. The Hall–Kier alpha value is -1.40. The zero-order valence-electron chi connectivity index (χ0n) is 12.1. The highest BCUT2D eigenvalue weighted by Crippen LogP contribution is 2.33. The highest BCUT2D eigenvalue weighted by atomic mass is 32.2. The van der Waals surface area contributed by atoms with E-state index in [0.29, 0.717) is 5.69 Å². The molecule has 1 aromatic carbocycles. The molecule has 0 fully saturated rings. The number of hydrogen-bond donors (Lipinski definition) is 2. The maximum absolute atomic E-state index is 12.3. The van der Waals surface area contributed by atoms with Gasteiger partial charge in [0.25, 0.3) is 0 Å². The van der Waals surface area contributed by atoms with E-state index in [1.54, 1.807) is 19.1 Å². The van der Waals surface area contributed by atoms with Crippen molar-refractivity contribution in [1.82, 2.24) is 4.72 Å². The molecular weight excluding hydrogens is 276 g/mol. The van der Waals surface area contributed by atoms with Crippen molar-refractivity contribution < 1.29 is 13.2 Å². The highest BCUT2D eigenvalue weighted by molar-refractivity contribution is 7.89. The van der Waals surface area contributed by atoms with E-state index in [1.165, 1.54) is 6.07 Å². The lowest BCUT2D eigenvalue weighted by molar-refractivity contribution is -0.116. The number of sulfonamides is 1. The van der Waals surface area contributed by atoms with E-state index in [0.717, 1.165) is 5.56 Å². The first-order valence-corrected chi connectivity index (χ1v) is 8.18. The quantitative estimate of drug-likeness (QED) is 0.893. The first-order valence-electron chi connectivity index (χ1n) is 6.69. The molecule has 1 heterocycles. The fourth-order valence-electron chi connectivity index (χ4n) is 2.01. The summed E-state index contributed by atoms with van der Waals surface area (Å²) in [4.78, 5) is 11.8. The molecule has 0 radical (unpaired) electrons. The second-order valence-corrected chi connectivity index (χ2v) is 7.33. The van der Waals surface area contributed by atoms with Gasteiger partial charge in [-0.1, -0.05) is 13.8 Å². The van der Waals surface area contributed by atoms with Crippen LogP contribution in [-0.2, 0) is 14.8 Å². The van der Waals surface area contributed by atoms with Crippen molar-refractivity contribution in [2.24, 2.45) is 5.92 Å². The number of anilines is 1. The minimum absolute atomic E-state index is 0.0990. The topological polar surface area (TPSA) is 75.3 Å². The van der Waals surface area contributed by atoms with Crippen molar-refractivity contribution in [1.29, 1.82) is 0 Å². The number of rotatable bonds is 4. The Morgan fingerprint density at radius 2 is 1.90 bits per heavy atom. The van der Waals surface area contributed by atoms with Gasteiger partial charge in [-0.3, -0.25) is 4.79 Å². The normalized spacial score (nSPS) is 19.9. The molecular formula is C14H20N2O3S. The Morgan fingerprint density at radius 3 is 2.50 bits per heavy atom. The minimum atomic E-state index is -3.56. The van der Waals surface area contributed by atoms with Crippen LogP contribution < -0.4 is 10.0 Å². The van der Waals surface area contributed by atoms with E-state index in [9.17, 15) is 13.2 Å². The summed E-state index contributed by atoms with van der Waals surface area (Å²) in [5.41, 5.74) is 1.42. The highest BCUT2D eigenvalue weighted by Gasteiger charge is 2.28. The summed E-state index contributed by atoms with van der Waals surface area (Å²) in [6.45, 7) is 7.52. The van der Waals surface area contributed by atoms with Gasteiger partial charge in [-0.2, -0.15) is 0 Å². The van der Waals surface area contributed by atoms with E-state index in [-0.39, 0.29) is 28.7 Å². The van der Waals surface area contributed by atoms with Gasteiger partial charge in [0.1, 0.15) is 0 Å². The van der Waals surface area contributed by atoms with Gasteiger partial charge in [0.2, 0.25) is 15.9 Å². The maximum Gasteiger partial charge on any atom is 0.240 e. The fraction of sp³-hybridized carbons (Fsp3) is 0.500. The van der Waals surface area contributed by atoms with Gasteiger partial charge in [-0.15, -0.1) is 0 Å². The summed E-state index contributed by atoms with van der Waals surface area (Å²) in [6.07, 6.45) is 0. The summed E-state index contributed by atoms with van der Waals surface area (Å²) in [7, 11) is -3.56. The molecule has 2 N–H and O–H groups in total. The number of carbonyl (C=O) groups is 1. The third-order valence-corrected chi connectivity index (χ3v) is 5.35. The first-order chi connectivity index (χ1) is 9.22. The molecule has 0 aromatic heterocycles. The Kier molecular flexibility index (Phi) is 3.88. The maximum atomic E-state index is 12.3. The zero-order chi connectivity index (χ0) is 15.1. The predicted octanol–water partition coefficient (Wildman–Crippen LogP) is 2.06. The van der Waals surface area contributed by atoms with Gasteiger partial charge >= 0.3 is 0 Å². The molecule has 20 heavy (non-hydrogen) atoms. The van der Waals surface area contributed by atoms with E-state index in [4.69, 9.17) is 0 Å². The number of amides is 1. The monoisotopic (exact) mass is 296 g/mol. The van der Waals surface area contributed by atoms with E-state index < -0.39 is 10.0 Å². The molecule has 1 amide bonds. The molecule has 2 atom stereocenters. The van der Waals surface area contributed by atoms with Gasteiger partial charge in [-0.05, 0) is 43.5 Å². The molecule has 0 bridgehead atoms. The smallest absolute Gasteiger partial charge is 0.240 e. The SMILES string of the molecule is CC(C)[C@@H](C)NS(=O)(=O)c1ccc2c(c1)[C@H](C)C(=O)N2. The number of carbonyl (C=O) groups excluding carboxylic acids is 1. The number of fused-ring (bicyclic) bond motifs is 1. The van der Waals surface area contributed by atoms with Crippen LogP contribution in [0.25, 0.3) is 0 Å². The van der Waals surface area contributed by atoms with Crippen molar-refractivity contribution in [3.8, 4) is 0 Å². The second-order valence-electron chi connectivity index (χ2n) is 5.61. The van der Waals surface area contributed by atoms with Crippen molar-refractivity contribution in [3.05, 3.63) is 23.8 Å². The minimum Gasteiger partial charge on any atom is -0.325 e. The molecule has 110 valence electrons. The van der Waals surface area contributed by atoms with Gasteiger partial charge in [0.15, 0.2) is 0 Å². The van der Waals surface area contributed by atoms with E-state index >= 15 is 0 Å². The third-order valence-electron chi connectivity index (χ3n) is 3.79. The van der Waals surface area contributed by atoms with Crippen LogP contribution in [-0.4, -0.2) is 20.4 Å². The Morgan fingerprint density at radius 1 is 1.25 bits per heavy atom. The largest absolute Gasteiger partial charge is 0.325 e. The van der Waals surface area contributed by atoms with Gasteiger partial charge in [0, 0.05) is 11.7 Å². The van der Waals surface area contributed by atoms with Crippen LogP contribution in [0.1, 0.15) is 39.2 Å². The predicted molar refractivity (Wildman–Crippen MR) is 78.1 cm³/mol. The number of hydrogen-bond acceptors (Lipinski definition) is 3. The van der Waals surface area contributed by atoms with Crippen LogP contribution >= 0.6 is 0 Å². The average molecular weight is 296 g/mol. The van der Waals surface area contributed by atoms with Gasteiger partial charge in [0.05, 0.1) is 10.8 Å². The van der Waals surface area contributed by atoms with Crippen molar-refractivity contribution in [2.45, 2.75) is 44.6 Å². The molecule has 0 spiro atoms. The first kappa shape index (κ1) is 15.0. The standard InChI is InChI=1S/C14H20N2O3S/c1-8(2)10(4)16-20(18,19)11-5-6-13-12(7-11)9(3)14(17)15-13/h5-10,16H,1-4H3,(H,15,17)/t9-,10+/m0/s1. The van der Waals surface area contributed by atoms with Crippen LogP contribution in [0.2, 0.25) is 0 Å². The summed E-state index contributed by atoms with van der Waals surface area (Å²) in [5.74, 6) is -0.206. The summed E-state index contributed by atoms with van der Waals surface area (Å²) in [5, 5.41) is 2.73. The Labute approximate surface area is 119 Å². The van der Waals surface area contributed by atoms with Crippen LogP contribution in [0.4, 0.5) is 5.69 Å². The molecule has 0 saturated heterocycles. The average Bonchev–Trinajstić information content (AvgIpc) is 2.64. The molecule has 0 unspecified atom stereocenters. The molecule has 5 nitrogen and oxygen atoms in total. The van der Waals surface area contributed by atoms with Crippen LogP contribution in [0.15, 0.2) is 23.1 Å². The van der Waals surface area contributed by atoms with Crippen molar-refractivity contribution >= 4 is 21.6 Å².